The highest BCUT2D eigenvalue weighted by atomic mass is 32.2. The third kappa shape index (κ3) is 2.82. The zero-order valence-corrected chi connectivity index (χ0v) is 11.8. The van der Waals surface area contributed by atoms with E-state index in [1.54, 1.807) is 17.1 Å². The number of sulfone groups is 1. The molecule has 1 N–H and O–H groups in total. The van der Waals surface area contributed by atoms with Crippen LogP contribution in [-0.2, 0) is 9.84 Å². The highest BCUT2D eigenvalue weighted by molar-refractivity contribution is 7.91. The van der Waals surface area contributed by atoms with Gasteiger partial charge in [0.2, 0.25) is 0 Å². The summed E-state index contributed by atoms with van der Waals surface area (Å²) >= 11 is 0. The first kappa shape index (κ1) is 13.1. The molecule has 0 amide bonds. The molecule has 2 aromatic heterocycles. The van der Waals surface area contributed by atoms with Crippen LogP contribution in [0.3, 0.4) is 0 Å². The van der Waals surface area contributed by atoms with Crippen LogP contribution in [0.5, 0.6) is 0 Å². The molecular formula is C13H16N4O2S. The van der Waals surface area contributed by atoms with E-state index in [0.717, 1.165) is 12.1 Å². The number of nitrogens with zero attached hydrogens (tertiary/aromatic N) is 3. The minimum atomic E-state index is -2.92. The van der Waals surface area contributed by atoms with Crippen molar-refractivity contribution in [3.05, 3.63) is 36.8 Å². The summed E-state index contributed by atoms with van der Waals surface area (Å²) in [6, 6.07) is 5.48. The zero-order valence-electron chi connectivity index (χ0n) is 10.9. The van der Waals surface area contributed by atoms with Gasteiger partial charge in [-0.05, 0) is 31.0 Å². The van der Waals surface area contributed by atoms with Crippen LogP contribution in [0.2, 0.25) is 0 Å². The van der Waals surface area contributed by atoms with Crippen molar-refractivity contribution in [2.45, 2.75) is 18.9 Å². The van der Waals surface area contributed by atoms with E-state index in [1.165, 1.54) is 0 Å². The van der Waals surface area contributed by atoms with Crippen LogP contribution < -0.4 is 5.32 Å². The summed E-state index contributed by atoms with van der Waals surface area (Å²) in [5, 5.41) is 7.46. The summed E-state index contributed by atoms with van der Waals surface area (Å²) in [6.07, 6.45) is 6.75. The van der Waals surface area contributed by atoms with Gasteiger partial charge in [-0.1, -0.05) is 0 Å². The van der Waals surface area contributed by atoms with Crippen LogP contribution in [0, 0.1) is 0 Å². The Hall–Kier alpha value is -1.89. The fourth-order valence-corrected chi connectivity index (χ4v) is 4.08. The molecular weight excluding hydrogens is 276 g/mol. The first-order valence-electron chi connectivity index (χ1n) is 6.56. The van der Waals surface area contributed by atoms with E-state index in [-0.39, 0.29) is 11.8 Å². The molecule has 0 spiro atoms. The second-order valence-corrected chi connectivity index (χ2v) is 7.15. The molecule has 2 aromatic rings. The largest absolute Gasteiger partial charge is 0.378 e. The van der Waals surface area contributed by atoms with Crippen molar-refractivity contribution in [3.63, 3.8) is 0 Å². The van der Waals surface area contributed by atoms with Crippen molar-refractivity contribution in [1.29, 1.82) is 0 Å². The van der Waals surface area contributed by atoms with E-state index in [4.69, 9.17) is 0 Å². The standard InChI is InChI=1S/C13H16N4O2S/c18-20(19)9-2-4-11(10-20)16-12-5-1-6-14-13(12)17-8-3-7-15-17/h1,3,5-8,11,16H,2,4,9-10H2. The summed E-state index contributed by atoms with van der Waals surface area (Å²) in [4.78, 5) is 4.31. The van der Waals surface area contributed by atoms with Crippen LogP contribution in [-0.4, -0.2) is 40.7 Å². The summed E-state index contributed by atoms with van der Waals surface area (Å²) in [5.74, 6) is 1.16. The normalized spacial score (nSPS) is 21.5. The van der Waals surface area contributed by atoms with E-state index in [0.29, 0.717) is 18.0 Å². The fourth-order valence-electron chi connectivity index (χ4n) is 2.44. The van der Waals surface area contributed by atoms with Gasteiger partial charge in [-0.15, -0.1) is 0 Å². The Morgan fingerprint density at radius 2 is 2.20 bits per heavy atom. The Labute approximate surface area is 117 Å². The quantitative estimate of drug-likeness (QED) is 0.921. The van der Waals surface area contributed by atoms with Crippen molar-refractivity contribution in [3.8, 4) is 5.82 Å². The number of rotatable bonds is 3. The number of hydrogen-bond donors (Lipinski definition) is 1. The lowest BCUT2D eigenvalue weighted by atomic mass is 10.2. The van der Waals surface area contributed by atoms with E-state index < -0.39 is 9.84 Å². The van der Waals surface area contributed by atoms with Crippen molar-refractivity contribution in [1.82, 2.24) is 14.8 Å². The van der Waals surface area contributed by atoms with Gasteiger partial charge in [-0.2, -0.15) is 5.10 Å². The molecule has 0 saturated carbocycles. The Morgan fingerprint density at radius 1 is 1.30 bits per heavy atom. The molecule has 20 heavy (non-hydrogen) atoms. The monoisotopic (exact) mass is 292 g/mol. The molecule has 7 heteroatoms. The van der Waals surface area contributed by atoms with Crippen molar-refractivity contribution in [2.75, 3.05) is 16.8 Å². The van der Waals surface area contributed by atoms with Crippen LogP contribution in [0.1, 0.15) is 12.8 Å². The SMILES string of the molecule is O=S1(=O)CCCC(Nc2cccnc2-n2cccn2)C1. The fraction of sp³-hybridized carbons (Fsp3) is 0.385. The van der Waals surface area contributed by atoms with Crippen LogP contribution in [0.15, 0.2) is 36.8 Å². The number of anilines is 1. The van der Waals surface area contributed by atoms with E-state index in [1.807, 2.05) is 24.4 Å². The molecule has 1 atom stereocenters. The lowest BCUT2D eigenvalue weighted by Crippen LogP contribution is -2.35. The predicted molar refractivity (Wildman–Crippen MR) is 76.7 cm³/mol. The topological polar surface area (TPSA) is 76.9 Å². The summed E-state index contributed by atoms with van der Waals surface area (Å²) < 4.78 is 25.0. The first-order chi connectivity index (χ1) is 9.64. The van der Waals surface area contributed by atoms with Gasteiger partial charge in [-0.25, -0.2) is 18.1 Å². The molecule has 106 valence electrons. The molecule has 1 fully saturated rings. The number of hydrogen-bond acceptors (Lipinski definition) is 5. The second kappa shape index (κ2) is 5.24. The van der Waals surface area contributed by atoms with Gasteiger partial charge in [0.25, 0.3) is 0 Å². The Morgan fingerprint density at radius 3 is 2.95 bits per heavy atom. The zero-order chi connectivity index (χ0) is 14.0. The van der Waals surface area contributed by atoms with E-state index >= 15 is 0 Å². The number of nitrogens with one attached hydrogen (secondary N) is 1. The maximum absolute atomic E-state index is 11.7. The van der Waals surface area contributed by atoms with Crippen LogP contribution in [0.4, 0.5) is 5.69 Å². The molecule has 0 radical (unpaired) electrons. The van der Waals surface area contributed by atoms with Crippen LogP contribution in [0.25, 0.3) is 5.82 Å². The third-order valence-corrected chi connectivity index (χ3v) is 5.15. The molecule has 0 aromatic carbocycles. The molecule has 1 saturated heterocycles. The third-order valence-electron chi connectivity index (χ3n) is 3.33. The summed E-state index contributed by atoms with van der Waals surface area (Å²) in [6.45, 7) is 0. The minimum Gasteiger partial charge on any atom is -0.378 e. The number of pyridine rings is 1. The lowest BCUT2D eigenvalue weighted by Gasteiger charge is -2.24. The second-order valence-electron chi connectivity index (χ2n) is 4.92. The molecule has 1 aliphatic heterocycles. The van der Waals surface area contributed by atoms with Gasteiger partial charge >= 0.3 is 0 Å². The van der Waals surface area contributed by atoms with Gasteiger partial charge in [-0.3, -0.25) is 0 Å². The van der Waals surface area contributed by atoms with Gasteiger partial charge in [0.15, 0.2) is 15.7 Å². The van der Waals surface area contributed by atoms with Crippen LogP contribution >= 0.6 is 0 Å². The summed E-state index contributed by atoms with van der Waals surface area (Å²) in [7, 11) is -2.92. The van der Waals surface area contributed by atoms with E-state index in [9.17, 15) is 8.42 Å². The molecule has 1 aliphatic rings. The Kier molecular flexibility index (Phi) is 3.43. The number of aromatic nitrogens is 3. The molecule has 0 aliphatic carbocycles. The molecule has 3 heterocycles. The smallest absolute Gasteiger partial charge is 0.176 e. The van der Waals surface area contributed by atoms with Gasteiger partial charge in [0.05, 0.1) is 17.2 Å². The van der Waals surface area contributed by atoms with Gasteiger partial charge < -0.3 is 5.32 Å². The van der Waals surface area contributed by atoms with Crippen molar-refractivity contribution < 1.29 is 8.42 Å². The first-order valence-corrected chi connectivity index (χ1v) is 8.38. The van der Waals surface area contributed by atoms with E-state index in [2.05, 4.69) is 15.4 Å². The average Bonchev–Trinajstić information content (AvgIpc) is 2.92. The summed E-state index contributed by atoms with van der Waals surface area (Å²) in [5.41, 5.74) is 0.804. The van der Waals surface area contributed by atoms with Crippen molar-refractivity contribution in [2.24, 2.45) is 0 Å². The Balaban J connectivity index is 1.85. The maximum atomic E-state index is 11.7. The highest BCUT2D eigenvalue weighted by Gasteiger charge is 2.25. The lowest BCUT2D eigenvalue weighted by molar-refractivity contribution is 0.562. The highest BCUT2D eigenvalue weighted by Crippen LogP contribution is 2.21. The minimum absolute atomic E-state index is 0.0627. The van der Waals surface area contributed by atoms with Gasteiger partial charge in [0, 0.05) is 24.6 Å². The molecule has 6 nitrogen and oxygen atoms in total. The molecule has 3 rings (SSSR count). The Bertz CT molecular complexity index is 682. The average molecular weight is 292 g/mol. The molecule has 1 unspecified atom stereocenters. The molecule has 0 bridgehead atoms. The van der Waals surface area contributed by atoms with Crippen molar-refractivity contribution >= 4 is 15.5 Å². The predicted octanol–water partition coefficient (Wildman–Crippen LogP) is 1.26. The van der Waals surface area contributed by atoms with Gasteiger partial charge in [0.1, 0.15) is 0 Å². The maximum Gasteiger partial charge on any atom is 0.176 e.